The van der Waals surface area contributed by atoms with E-state index in [0.717, 1.165) is 11.8 Å². The molecule has 0 unspecified atom stereocenters. The second kappa shape index (κ2) is 1.82. The van der Waals surface area contributed by atoms with Crippen LogP contribution in [0.15, 0.2) is 0 Å². The first kappa shape index (κ1) is 7.60. The van der Waals surface area contributed by atoms with Crippen LogP contribution in [0, 0.1) is 11.8 Å². The maximum Gasteiger partial charge on any atom is 0.0691 e. The van der Waals surface area contributed by atoms with Gasteiger partial charge < -0.3 is 4.74 Å². The van der Waals surface area contributed by atoms with Gasteiger partial charge in [-0.2, -0.15) is 0 Å². The van der Waals surface area contributed by atoms with Crippen molar-refractivity contribution in [3.8, 4) is 0 Å². The number of hydrogen-bond donors (Lipinski definition) is 0. The van der Waals surface area contributed by atoms with Gasteiger partial charge in [0.25, 0.3) is 0 Å². The Kier molecular flexibility index (Phi) is 1.26. The molecule has 2 aliphatic rings. The summed E-state index contributed by atoms with van der Waals surface area (Å²) in [6, 6.07) is 0. The fourth-order valence-corrected chi connectivity index (χ4v) is 3.12. The highest BCUT2D eigenvalue weighted by Gasteiger charge is 2.58. The monoisotopic (exact) mass is 154 g/mol. The van der Waals surface area contributed by atoms with E-state index in [-0.39, 0.29) is 11.2 Å². The van der Waals surface area contributed by atoms with Crippen LogP contribution in [0.5, 0.6) is 0 Å². The fraction of sp³-hybridized carbons (Fsp3) is 1.00. The van der Waals surface area contributed by atoms with Crippen LogP contribution in [0.3, 0.4) is 0 Å². The summed E-state index contributed by atoms with van der Waals surface area (Å²) in [7, 11) is 0. The van der Waals surface area contributed by atoms with Crippen molar-refractivity contribution in [3.05, 3.63) is 0 Å². The minimum Gasteiger partial charge on any atom is -0.369 e. The predicted molar refractivity (Wildman–Crippen MR) is 45.5 cm³/mol. The standard InChI is InChI=1S/C10H18O/c1-7-8-5-6-10(7,4)11-9(8,2)3/h7-8H,5-6H2,1-4H3/t7-,8+,10-/m1/s1. The van der Waals surface area contributed by atoms with E-state index in [0.29, 0.717) is 0 Å². The average Bonchev–Trinajstić information content (AvgIpc) is 2.15. The minimum absolute atomic E-state index is 0.145. The second-order valence-electron chi connectivity index (χ2n) is 4.95. The smallest absolute Gasteiger partial charge is 0.0691 e. The van der Waals surface area contributed by atoms with Crippen LogP contribution in [0.25, 0.3) is 0 Å². The van der Waals surface area contributed by atoms with Crippen molar-refractivity contribution in [2.45, 2.75) is 51.7 Å². The van der Waals surface area contributed by atoms with E-state index in [9.17, 15) is 0 Å². The molecule has 0 spiro atoms. The zero-order chi connectivity index (χ0) is 8.28. The van der Waals surface area contributed by atoms with Crippen LogP contribution < -0.4 is 0 Å². The lowest BCUT2D eigenvalue weighted by Gasteiger charge is -2.33. The zero-order valence-corrected chi connectivity index (χ0v) is 7.98. The first-order chi connectivity index (χ1) is 4.96. The van der Waals surface area contributed by atoms with Crippen molar-refractivity contribution >= 4 is 0 Å². The van der Waals surface area contributed by atoms with Gasteiger partial charge in [0.2, 0.25) is 0 Å². The Balaban J connectivity index is 2.33. The van der Waals surface area contributed by atoms with Gasteiger partial charge in [-0.1, -0.05) is 6.92 Å². The van der Waals surface area contributed by atoms with Crippen LogP contribution in [0.1, 0.15) is 40.5 Å². The summed E-state index contributed by atoms with van der Waals surface area (Å²) in [4.78, 5) is 0. The van der Waals surface area contributed by atoms with E-state index >= 15 is 0 Å². The van der Waals surface area contributed by atoms with Crippen molar-refractivity contribution in [1.29, 1.82) is 0 Å². The third-order valence-corrected chi connectivity index (χ3v) is 3.91. The first-order valence-corrected chi connectivity index (χ1v) is 4.66. The SMILES string of the molecule is C[C@@H]1[C@@H]2CC[C@@]1(C)OC2(C)C. The molecule has 3 atom stereocenters. The second-order valence-corrected chi connectivity index (χ2v) is 4.95. The van der Waals surface area contributed by atoms with Crippen LogP contribution in [0.4, 0.5) is 0 Å². The minimum atomic E-state index is 0.145. The molecule has 64 valence electrons. The van der Waals surface area contributed by atoms with Gasteiger partial charge in [-0.15, -0.1) is 0 Å². The van der Waals surface area contributed by atoms with Gasteiger partial charge in [0.05, 0.1) is 11.2 Å². The van der Waals surface area contributed by atoms with Gasteiger partial charge in [0.1, 0.15) is 0 Å². The molecule has 1 aliphatic carbocycles. The molecular weight excluding hydrogens is 136 g/mol. The molecule has 2 fully saturated rings. The summed E-state index contributed by atoms with van der Waals surface area (Å²) in [6.45, 7) is 9.08. The van der Waals surface area contributed by atoms with E-state index in [1.54, 1.807) is 0 Å². The first-order valence-electron chi connectivity index (χ1n) is 4.66. The Hall–Kier alpha value is -0.0400. The van der Waals surface area contributed by atoms with Crippen LogP contribution >= 0.6 is 0 Å². The molecule has 1 nitrogen and oxygen atoms in total. The van der Waals surface area contributed by atoms with Crippen molar-refractivity contribution in [2.24, 2.45) is 11.8 Å². The van der Waals surface area contributed by atoms with Crippen LogP contribution in [-0.2, 0) is 4.74 Å². The molecule has 0 amide bonds. The summed E-state index contributed by atoms with van der Waals surface area (Å²) in [5.41, 5.74) is 0.348. The predicted octanol–water partition coefficient (Wildman–Crippen LogP) is 2.60. The van der Waals surface area contributed by atoms with Crippen molar-refractivity contribution in [2.75, 3.05) is 0 Å². The normalized spacial score (nSPS) is 53.5. The molecule has 0 aromatic carbocycles. The van der Waals surface area contributed by atoms with E-state index in [1.807, 2.05) is 0 Å². The fourth-order valence-electron chi connectivity index (χ4n) is 3.12. The zero-order valence-electron chi connectivity index (χ0n) is 7.98. The largest absolute Gasteiger partial charge is 0.369 e. The summed E-state index contributed by atoms with van der Waals surface area (Å²) in [5, 5.41) is 0. The molecule has 1 heteroatoms. The molecule has 11 heavy (non-hydrogen) atoms. The Labute approximate surface area is 69.1 Å². The van der Waals surface area contributed by atoms with Crippen molar-refractivity contribution in [3.63, 3.8) is 0 Å². The number of rotatable bonds is 0. The summed E-state index contributed by atoms with van der Waals surface area (Å²) in [6.07, 6.45) is 2.63. The lowest BCUT2D eigenvalue weighted by molar-refractivity contribution is -0.114. The maximum absolute atomic E-state index is 6.05. The van der Waals surface area contributed by atoms with Gasteiger partial charge in [0.15, 0.2) is 0 Å². The Morgan fingerprint density at radius 2 is 1.91 bits per heavy atom. The number of ether oxygens (including phenoxy) is 1. The van der Waals surface area contributed by atoms with Gasteiger partial charge >= 0.3 is 0 Å². The van der Waals surface area contributed by atoms with Crippen LogP contribution in [0.2, 0.25) is 0 Å². The van der Waals surface area contributed by atoms with Gasteiger partial charge in [-0.05, 0) is 45.4 Å². The maximum atomic E-state index is 6.05. The average molecular weight is 154 g/mol. The van der Waals surface area contributed by atoms with E-state index in [2.05, 4.69) is 27.7 Å². The van der Waals surface area contributed by atoms with E-state index in [4.69, 9.17) is 4.74 Å². The quantitative estimate of drug-likeness (QED) is 0.521. The highest BCUT2D eigenvalue weighted by molar-refractivity contribution is 5.06. The molecular formula is C10H18O. The molecule has 0 radical (unpaired) electrons. The molecule has 1 saturated heterocycles. The third-order valence-electron chi connectivity index (χ3n) is 3.91. The van der Waals surface area contributed by atoms with Crippen molar-refractivity contribution in [1.82, 2.24) is 0 Å². The third kappa shape index (κ3) is 0.807. The Bertz CT molecular complexity index is 185. The lowest BCUT2D eigenvalue weighted by atomic mass is 9.84. The highest BCUT2D eigenvalue weighted by atomic mass is 16.5. The van der Waals surface area contributed by atoms with E-state index in [1.165, 1.54) is 12.8 Å². The van der Waals surface area contributed by atoms with Gasteiger partial charge in [0, 0.05) is 0 Å². The summed E-state index contributed by atoms with van der Waals surface area (Å²) >= 11 is 0. The Morgan fingerprint density at radius 1 is 1.27 bits per heavy atom. The molecule has 0 aromatic rings. The highest BCUT2D eigenvalue weighted by Crippen LogP contribution is 2.56. The molecule has 2 rings (SSSR count). The van der Waals surface area contributed by atoms with E-state index < -0.39 is 0 Å². The summed E-state index contributed by atoms with van der Waals surface area (Å²) in [5.74, 6) is 1.56. The lowest BCUT2D eigenvalue weighted by Crippen LogP contribution is -2.35. The number of fused-ring (bicyclic) bond motifs is 2. The molecule has 0 aromatic heterocycles. The Morgan fingerprint density at radius 3 is 2.09 bits per heavy atom. The van der Waals surface area contributed by atoms with Crippen LogP contribution in [-0.4, -0.2) is 11.2 Å². The summed E-state index contributed by atoms with van der Waals surface area (Å²) < 4.78 is 6.05. The van der Waals surface area contributed by atoms with Crippen molar-refractivity contribution < 1.29 is 4.74 Å². The van der Waals surface area contributed by atoms with Gasteiger partial charge in [-0.25, -0.2) is 0 Å². The van der Waals surface area contributed by atoms with Gasteiger partial charge in [-0.3, -0.25) is 0 Å². The molecule has 1 saturated carbocycles. The number of hydrogen-bond acceptors (Lipinski definition) is 1. The molecule has 1 aliphatic heterocycles. The molecule has 1 heterocycles. The molecule has 2 bridgehead atoms. The molecule has 0 N–H and O–H groups in total. The topological polar surface area (TPSA) is 9.23 Å².